The Morgan fingerprint density at radius 1 is 1.30 bits per heavy atom. The summed E-state index contributed by atoms with van der Waals surface area (Å²) in [7, 11) is 3.66. The predicted molar refractivity (Wildman–Crippen MR) is 81.5 cm³/mol. The zero-order valence-electron chi connectivity index (χ0n) is 12.0. The Balaban J connectivity index is 1.87. The Labute approximate surface area is 119 Å². The Morgan fingerprint density at radius 2 is 2.00 bits per heavy atom. The molecule has 1 heterocycles. The fourth-order valence-electron chi connectivity index (χ4n) is 2.26. The maximum Gasteiger partial charge on any atom is 0.270 e. The summed E-state index contributed by atoms with van der Waals surface area (Å²) in [5.74, 6) is 0.0114. The Bertz CT molecular complexity index is 575. The van der Waals surface area contributed by atoms with E-state index in [-0.39, 0.29) is 5.91 Å². The molecule has 0 saturated carbocycles. The number of benzene rings is 1. The van der Waals surface area contributed by atoms with E-state index in [2.05, 4.69) is 12.1 Å². The minimum Gasteiger partial charge on any atom is -0.397 e. The van der Waals surface area contributed by atoms with Gasteiger partial charge in [0.15, 0.2) is 0 Å². The van der Waals surface area contributed by atoms with Crippen molar-refractivity contribution in [2.45, 2.75) is 12.8 Å². The van der Waals surface area contributed by atoms with Crippen LogP contribution in [0, 0.1) is 0 Å². The van der Waals surface area contributed by atoms with Crippen molar-refractivity contribution in [1.29, 1.82) is 0 Å². The quantitative estimate of drug-likeness (QED) is 0.907. The molecule has 0 aliphatic carbocycles. The summed E-state index contributed by atoms with van der Waals surface area (Å²) < 4.78 is 1.77. The molecule has 1 amide bonds. The van der Waals surface area contributed by atoms with Crippen molar-refractivity contribution in [2.24, 2.45) is 7.05 Å². The van der Waals surface area contributed by atoms with E-state index in [1.807, 2.05) is 32.3 Å². The smallest absolute Gasteiger partial charge is 0.270 e. The monoisotopic (exact) mass is 271 g/mol. The van der Waals surface area contributed by atoms with Gasteiger partial charge in [-0.05, 0) is 24.5 Å². The standard InChI is InChI=1S/C16H21N3O/c1-18(10-6-9-13-7-4-3-5-8-13)16(20)15-11-14(17)12-19(15)2/h3-5,7-8,11-12H,6,9-10,17H2,1-2H3. The lowest BCUT2D eigenvalue weighted by molar-refractivity contribution is 0.0784. The molecule has 20 heavy (non-hydrogen) atoms. The van der Waals surface area contributed by atoms with Crippen LogP contribution in [0.15, 0.2) is 42.6 Å². The number of carbonyl (C=O) groups excluding carboxylic acids is 1. The van der Waals surface area contributed by atoms with Crippen LogP contribution in [0.3, 0.4) is 0 Å². The second-order valence-corrected chi connectivity index (χ2v) is 5.09. The maximum absolute atomic E-state index is 12.3. The van der Waals surface area contributed by atoms with Gasteiger partial charge in [0.1, 0.15) is 5.69 Å². The highest BCUT2D eigenvalue weighted by atomic mass is 16.2. The van der Waals surface area contributed by atoms with Gasteiger partial charge in [-0.3, -0.25) is 4.79 Å². The van der Waals surface area contributed by atoms with E-state index < -0.39 is 0 Å². The molecule has 2 rings (SSSR count). The molecule has 4 nitrogen and oxygen atoms in total. The van der Waals surface area contributed by atoms with Gasteiger partial charge in [0.2, 0.25) is 0 Å². The van der Waals surface area contributed by atoms with Crippen LogP contribution in [-0.2, 0) is 13.5 Å². The van der Waals surface area contributed by atoms with Gasteiger partial charge in [0, 0.05) is 26.8 Å². The fraction of sp³-hybridized carbons (Fsp3) is 0.312. The fourth-order valence-corrected chi connectivity index (χ4v) is 2.26. The molecule has 0 unspecified atom stereocenters. The number of carbonyl (C=O) groups is 1. The zero-order valence-corrected chi connectivity index (χ0v) is 12.0. The van der Waals surface area contributed by atoms with E-state index in [1.54, 1.807) is 21.7 Å². The van der Waals surface area contributed by atoms with Crippen molar-refractivity contribution in [3.05, 3.63) is 53.9 Å². The van der Waals surface area contributed by atoms with E-state index in [1.165, 1.54) is 5.56 Å². The highest BCUT2D eigenvalue weighted by Crippen LogP contribution is 2.11. The molecule has 0 fully saturated rings. The number of aromatic nitrogens is 1. The summed E-state index contributed by atoms with van der Waals surface area (Å²) in [5, 5.41) is 0. The SMILES string of the molecule is CN(CCCc1ccccc1)C(=O)c1cc(N)cn1C. The Hall–Kier alpha value is -2.23. The molecule has 2 N–H and O–H groups in total. The van der Waals surface area contributed by atoms with Crippen LogP contribution < -0.4 is 5.73 Å². The van der Waals surface area contributed by atoms with Crippen LogP contribution in [0.25, 0.3) is 0 Å². The average Bonchev–Trinajstić information content (AvgIpc) is 2.78. The summed E-state index contributed by atoms with van der Waals surface area (Å²) in [4.78, 5) is 14.0. The van der Waals surface area contributed by atoms with E-state index in [4.69, 9.17) is 5.73 Å². The first-order valence-corrected chi connectivity index (χ1v) is 6.79. The highest BCUT2D eigenvalue weighted by Gasteiger charge is 2.15. The van der Waals surface area contributed by atoms with Crippen molar-refractivity contribution in [3.8, 4) is 0 Å². The van der Waals surface area contributed by atoms with E-state index in [0.29, 0.717) is 11.4 Å². The maximum atomic E-state index is 12.3. The summed E-state index contributed by atoms with van der Waals surface area (Å²) in [5.41, 5.74) is 8.25. The molecular formula is C16H21N3O. The molecule has 1 aromatic carbocycles. The molecule has 0 atom stereocenters. The lowest BCUT2D eigenvalue weighted by atomic mass is 10.1. The summed E-state index contributed by atoms with van der Waals surface area (Å²) in [6.45, 7) is 0.735. The average molecular weight is 271 g/mol. The van der Waals surface area contributed by atoms with Crippen LogP contribution in [-0.4, -0.2) is 29.0 Å². The van der Waals surface area contributed by atoms with Crippen LogP contribution in [0.1, 0.15) is 22.5 Å². The topological polar surface area (TPSA) is 51.3 Å². The molecule has 4 heteroatoms. The number of rotatable bonds is 5. The van der Waals surface area contributed by atoms with E-state index >= 15 is 0 Å². The molecule has 2 aromatic rings. The van der Waals surface area contributed by atoms with Crippen LogP contribution in [0.5, 0.6) is 0 Å². The van der Waals surface area contributed by atoms with Crippen molar-refractivity contribution in [1.82, 2.24) is 9.47 Å². The van der Waals surface area contributed by atoms with Crippen LogP contribution in [0.2, 0.25) is 0 Å². The molecule has 0 aliphatic rings. The van der Waals surface area contributed by atoms with Crippen molar-refractivity contribution >= 4 is 11.6 Å². The first-order valence-electron chi connectivity index (χ1n) is 6.79. The molecule has 0 saturated heterocycles. The summed E-state index contributed by atoms with van der Waals surface area (Å²) in [6, 6.07) is 12.0. The number of anilines is 1. The number of nitrogens with zero attached hydrogens (tertiary/aromatic N) is 2. The van der Waals surface area contributed by atoms with Gasteiger partial charge in [0.05, 0.1) is 5.69 Å². The lowest BCUT2D eigenvalue weighted by Gasteiger charge is -2.17. The number of hydrogen-bond acceptors (Lipinski definition) is 2. The van der Waals surface area contributed by atoms with Gasteiger partial charge in [-0.2, -0.15) is 0 Å². The minimum atomic E-state index is 0.0114. The first kappa shape index (κ1) is 14.2. The van der Waals surface area contributed by atoms with Gasteiger partial charge < -0.3 is 15.2 Å². The van der Waals surface area contributed by atoms with Gasteiger partial charge in [-0.15, -0.1) is 0 Å². The van der Waals surface area contributed by atoms with E-state index in [0.717, 1.165) is 19.4 Å². The lowest BCUT2D eigenvalue weighted by Crippen LogP contribution is -2.29. The van der Waals surface area contributed by atoms with Gasteiger partial charge in [0.25, 0.3) is 5.91 Å². The number of aryl methyl sites for hydroxylation is 2. The molecule has 1 aromatic heterocycles. The number of hydrogen-bond donors (Lipinski definition) is 1. The molecule has 0 bridgehead atoms. The number of amides is 1. The van der Waals surface area contributed by atoms with Gasteiger partial charge >= 0.3 is 0 Å². The summed E-state index contributed by atoms with van der Waals surface area (Å²) in [6.07, 6.45) is 3.69. The third-order valence-corrected chi connectivity index (χ3v) is 3.39. The molecule has 0 radical (unpaired) electrons. The number of nitrogens with two attached hydrogens (primary N) is 1. The molecule has 0 spiro atoms. The van der Waals surface area contributed by atoms with Gasteiger partial charge in [-0.1, -0.05) is 30.3 Å². The second-order valence-electron chi connectivity index (χ2n) is 5.09. The zero-order chi connectivity index (χ0) is 14.5. The van der Waals surface area contributed by atoms with Crippen LogP contribution >= 0.6 is 0 Å². The second kappa shape index (κ2) is 6.28. The molecule has 106 valence electrons. The first-order chi connectivity index (χ1) is 9.58. The summed E-state index contributed by atoms with van der Waals surface area (Å²) >= 11 is 0. The van der Waals surface area contributed by atoms with Crippen molar-refractivity contribution in [2.75, 3.05) is 19.3 Å². The predicted octanol–water partition coefficient (Wildman–Crippen LogP) is 2.31. The largest absolute Gasteiger partial charge is 0.397 e. The van der Waals surface area contributed by atoms with Crippen LogP contribution in [0.4, 0.5) is 5.69 Å². The number of nitrogen functional groups attached to an aromatic ring is 1. The molecular weight excluding hydrogens is 250 g/mol. The van der Waals surface area contributed by atoms with Gasteiger partial charge in [-0.25, -0.2) is 0 Å². The Morgan fingerprint density at radius 3 is 2.60 bits per heavy atom. The van der Waals surface area contributed by atoms with Crippen molar-refractivity contribution < 1.29 is 4.79 Å². The third kappa shape index (κ3) is 3.41. The third-order valence-electron chi connectivity index (χ3n) is 3.39. The van der Waals surface area contributed by atoms with Crippen molar-refractivity contribution in [3.63, 3.8) is 0 Å². The Kier molecular flexibility index (Phi) is 4.45. The van der Waals surface area contributed by atoms with E-state index in [9.17, 15) is 4.79 Å². The molecule has 0 aliphatic heterocycles. The highest BCUT2D eigenvalue weighted by molar-refractivity contribution is 5.93. The minimum absolute atomic E-state index is 0.0114. The normalized spacial score (nSPS) is 10.5.